The van der Waals surface area contributed by atoms with Crippen LogP contribution in [0.2, 0.25) is 5.02 Å². The number of halogens is 1. The van der Waals surface area contributed by atoms with E-state index in [0.717, 1.165) is 10.6 Å². The predicted octanol–water partition coefficient (Wildman–Crippen LogP) is 3.01. The van der Waals surface area contributed by atoms with Gasteiger partial charge in [-0.05, 0) is 36.8 Å². The number of carbonyl (C=O) groups excluding carboxylic acids is 2. The molecule has 1 aliphatic rings. The molecule has 0 saturated carbocycles. The average Bonchev–Trinajstić information content (AvgIpc) is 2.91. The van der Waals surface area contributed by atoms with Crippen LogP contribution in [0.5, 0.6) is 5.75 Å². The molecule has 1 heterocycles. The minimum Gasteiger partial charge on any atom is -0.478 e. The molecule has 0 atom stereocenters. The Kier molecular flexibility index (Phi) is 4.92. The first kappa shape index (κ1) is 17.5. The van der Waals surface area contributed by atoms with E-state index in [1.54, 1.807) is 42.5 Å². The molecule has 2 aromatic carbocycles. The van der Waals surface area contributed by atoms with E-state index in [4.69, 9.17) is 21.6 Å². The van der Waals surface area contributed by atoms with Gasteiger partial charge in [0.15, 0.2) is 6.61 Å². The van der Waals surface area contributed by atoms with Crippen LogP contribution in [0.4, 0.5) is 5.69 Å². The molecule has 26 heavy (non-hydrogen) atoms. The normalized spacial score (nSPS) is 15.1. The van der Waals surface area contributed by atoms with Gasteiger partial charge in [-0.3, -0.25) is 15.0 Å². The molecule has 0 aromatic heterocycles. The Balaban J connectivity index is 1.93. The molecule has 0 bridgehead atoms. The maximum absolute atomic E-state index is 12.7. The predicted molar refractivity (Wildman–Crippen MR) is 97.3 cm³/mol. The molecule has 2 aromatic rings. The van der Waals surface area contributed by atoms with E-state index >= 15 is 0 Å². The molecule has 1 N–H and O–H groups in total. The highest BCUT2D eigenvalue weighted by molar-refractivity contribution is 6.33. The second-order valence-corrected chi connectivity index (χ2v) is 5.96. The summed E-state index contributed by atoms with van der Waals surface area (Å²) in [6.07, 6.45) is 1.44. The average molecular weight is 368 g/mol. The molecule has 1 fully saturated rings. The van der Waals surface area contributed by atoms with Crippen LogP contribution in [0.1, 0.15) is 11.1 Å². The second-order valence-electron chi connectivity index (χ2n) is 5.56. The molecular weight excluding hydrogens is 354 g/mol. The Hall–Kier alpha value is -3.30. The molecule has 0 aliphatic carbocycles. The molecule has 6 nitrogen and oxygen atoms in total. The van der Waals surface area contributed by atoms with Crippen molar-refractivity contribution in [2.24, 2.45) is 0 Å². The van der Waals surface area contributed by atoms with E-state index in [0.29, 0.717) is 22.0 Å². The number of hydrazine groups is 1. The summed E-state index contributed by atoms with van der Waals surface area (Å²) in [4.78, 5) is 25.0. The Bertz CT molecular complexity index is 963. The van der Waals surface area contributed by atoms with Gasteiger partial charge in [0.05, 0.1) is 5.69 Å². The smallest absolute Gasteiger partial charge is 0.282 e. The third kappa shape index (κ3) is 3.39. The van der Waals surface area contributed by atoms with Gasteiger partial charge in [0, 0.05) is 10.6 Å². The first-order valence-electron chi connectivity index (χ1n) is 7.73. The maximum atomic E-state index is 12.7. The van der Waals surface area contributed by atoms with Gasteiger partial charge in [0.25, 0.3) is 11.8 Å². The molecule has 1 aliphatic heterocycles. The largest absolute Gasteiger partial charge is 0.478 e. The number of para-hydroxylation sites is 1. The number of anilines is 1. The van der Waals surface area contributed by atoms with Crippen LogP contribution in [-0.4, -0.2) is 18.4 Å². The van der Waals surface area contributed by atoms with Crippen molar-refractivity contribution in [3.63, 3.8) is 0 Å². The Morgan fingerprint density at radius 2 is 2.04 bits per heavy atom. The zero-order valence-electron chi connectivity index (χ0n) is 13.8. The number of hydrogen-bond acceptors (Lipinski definition) is 4. The molecular formula is C19H14ClN3O3. The van der Waals surface area contributed by atoms with E-state index in [1.165, 1.54) is 6.08 Å². The van der Waals surface area contributed by atoms with Gasteiger partial charge in [-0.25, -0.2) is 5.01 Å². The van der Waals surface area contributed by atoms with E-state index in [1.807, 2.05) is 13.0 Å². The van der Waals surface area contributed by atoms with Gasteiger partial charge in [-0.2, -0.15) is 5.26 Å². The number of nitriles is 1. The van der Waals surface area contributed by atoms with E-state index < -0.39 is 11.8 Å². The van der Waals surface area contributed by atoms with Crippen molar-refractivity contribution in [3.8, 4) is 11.8 Å². The fourth-order valence-electron chi connectivity index (χ4n) is 2.46. The summed E-state index contributed by atoms with van der Waals surface area (Å²) in [5, 5.41) is 10.3. The summed E-state index contributed by atoms with van der Waals surface area (Å²) in [6, 6.07) is 13.8. The Morgan fingerprint density at radius 3 is 2.77 bits per heavy atom. The van der Waals surface area contributed by atoms with Crippen LogP contribution in [0.25, 0.3) is 6.08 Å². The van der Waals surface area contributed by atoms with Crippen LogP contribution in [-0.2, 0) is 9.59 Å². The molecule has 0 radical (unpaired) electrons. The van der Waals surface area contributed by atoms with Crippen molar-refractivity contribution >= 4 is 35.2 Å². The molecule has 2 amide bonds. The summed E-state index contributed by atoms with van der Waals surface area (Å²) in [5.41, 5.74) is 4.36. The first-order chi connectivity index (χ1) is 12.5. The third-order valence-electron chi connectivity index (χ3n) is 3.82. The summed E-state index contributed by atoms with van der Waals surface area (Å²) in [6.45, 7) is 1.72. The van der Waals surface area contributed by atoms with Crippen molar-refractivity contribution in [1.29, 1.82) is 5.26 Å². The Morgan fingerprint density at radius 1 is 1.27 bits per heavy atom. The summed E-state index contributed by atoms with van der Waals surface area (Å²) in [7, 11) is 0. The SMILES string of the molecule is Cc1ccc(N2NC(=O)/C(=C\c3ccccc3OCC#N)C2=O)cc1Cl. The summed E-state index contributed by atoms with van der Waals surface area (Å²) >= 11 is 6.10. The zero-order valence-corrected chi connectivity index (χ0v) is 14.6. The quantitative estimate of drug-likeness (QED) is 0.665. The van der Waals surface area contributed by atoms with E-state index in [9.17, 15) is 9.59 Å². The third-order valence-corrected chi connectivity index (χ3v) is 4.22. The lowest BCUT2D eigenvalue weighted by molar-refractivity contribution is -0.117. The minimum absolute atomic E-state index is 0.0327. The minimum atomic E-state index is -0.526. The first-order valence-corrected chi connectivity index (χ1v) is 8.11. The van der Waals surface area contributed by atoms with E-state index in [-0.39, 0.29) is 12.2 Å². The van der Waals surface area contributed by atoms with Crippen LogP contribution >= 0.6 is 11.6 Å². The molecule has 3 rings (SSSR count). The number of hydrogen-bond donors (Lipinski definition) is 1. The van der Waals surface area contributed by atoms with Crippen molar-refractivity contribution in [1.82, 2.24) is 5.43 Å². The lowest BCUT2D eigenvalue weighted by Crippen LogP contribution is -2.35. The van der Waals surface area contributed by atoms with Crippen LogP contribution in [0.15, 0.2) is 48.0 Å². The maximum Gasteiger partial charge on any atom is 0.282 e. The van der Waals surface area contributed by atoms with Crippen molar-refractivity contribution < 1.29 is 14.3 Å². The molecule has 0 unspecified atom stereocenters. The molecule has 1 saturated heterocycles. The van der Waals surface area contributed by atoms with Crippen LogP contribution < -0.4 is 15.2 Å². The van der Waals surface area contributed by atoms with Crippen molar-refractivity contribution in [2.75, 3.05) is 11.6 Å². The number of benzene rings is 2. The van der Waals surface area contributed by atoms with Gasteiger partial charge >= 0.3 is 0 Å². The summed E-state index contributed by atoms with van der Waals surface area (Å²) < 4.78 is 5.33. The highest BCUT2D eigenvalue weighted by Gasteiger charge is 2.34. The van der Waals surface area contributed by atoms with Gasteiger partial charge in [-0.15, -0.1) is 0 Å². The highest BCUT2D eigenvalue weighted by atomic mass is 35.5. The molecule has 7 heteroatoms. The van der Waals surface area contributed by atoms with Gasteiger partial charge in [0.1, 0.15) is 17.4 Å². The number of carbonyl (C=O) groups is 2. The molecule has 0 spiro atoms. The Labute approximate surface area is 155 Å². The molecule has 130 valence electrons. The monoisotopic (exact) mass is 367 g/mol. The number of nitrogens with zero attached hydrogens (tertiary/aromatic N) is 2. The van der Waals surface area contributed by atoms with Crippen molar-refractivity contribution in [3.05, 3.63) is 64.2 Å². The highest BCUT2D eigenvalue weighted by Crippen LogP contribution is 2.27. The lowest BCUT2D eigenvalue weighted by atomic mass is 10.1. The van der Waals surface area contributed by atoms with Gasteiger partial charge in [-0.1, -0.05) is 35.9 Å². The summed E-state index contributed by atoms with van der Waals surface area (Å²) in [5.74, 6) is -0.606. The van der Waals surface area contributed by atoms with E-state index in [2.05, 4.69) is 5.43 Å². The van der Waals surface area contributed by atoms with Gasteiger partial charge < -0.3 is 4.74 Å². The number of rotatable bonds is 4. The standard InChI is InChI=1S/C19H14ClN3O3/c1-12-6-7-14(11-16(12)20)23-19(25)15(18(24)22-23)10-13-4-2-3-5-17(13)26-9-8-21/h2-7,10-11H,9H2,1H3,(H,22,24)/b15-10+. The fraction of sp³-hybridized carbons (Fsp3) is 0.105. The van der Waals surface area contributed by atoms with Gasteiger partial charge in [0.2, 0.25) is 0 Å². The second kappa shape index (κ2) is 7.30. The number of aryl methyl sites for hydroxylation is 1. The number of nitrogens with one attached hydrogen (secondary N) is 1. The fourth-order valence-corrected chi connectivity index (χ4v) is 2.63. The topological polar surface area (TPSA) is 82.4 Å². The lowest BCUT2D eigenvalue weighted by Gasteiger charge is -2.15. The number of amides is 2. The number of ether oxygens (including phenoxy) is 1. The van der Waals surface area contributed by atoms with Crippen LogP contribution in [0, 0.1) is 18.3 Å². The zero-order chi connectivity index (χ0) is 18.7. The van der Waals surface area contributed by atoms with Crippen molar-refractivity contribution in [2.45, 2.75) is 6.92 Å². The van der Waals surface area contributed by atoms with Crippen LogP contribution in [0.3, 0.4) is 0 Å².